The molecule has 1 amide bonds. The van der Waals surface area contributed by atoms with Crippen LogP contribution < -0.4 is 28.9 Å². The molecule has 33 heavy (non-hydrogen) atoms. The Morgan fingerprint density at radius 2 is 1.82 bits per heavy atom. The predicted molar refractivity (Wildman–Crippen MR) is 107 cm³/mol. The molecular weight excluding hydrogens is 443 g/mol. The van der Waals surface area contributed by atoms with Crippen molar-refractivity contribution in [3.8, 4) is 5.75 Å². The molecule has 0 bridgehead atoms. The van der Waals surface area contributed by atoms with E-state index in [2.05, 4.69) is 29.1 Å². The minimum atomic E-state index is -4.95. The van der Waals surface area contributed by atoms with E-state index in [0.717, 1.165) is 11.8 Å². The SMILES string of the molecule is O=[C-]c1ccc(OC(F)(F)F)c(F)c1.[CH2-]CC(C[CH2-])c1cc(NC(=O)OC(C)(C)C)on1.[Li+]. The van der Waals surface area contributed by atoms with Gasteiger partial charge < -0.3 is 32.6 Å². The Labute approximate surface area is 201 Å². The fraction of sp³-hybridized carbons (Fsp3) is 0.381. The number of carbonyl (C=O) groups is 1. The van der Waals surface area contributed by atoms with Gasteiger partial charge in [0, 0.05) is 6.07 Å². The number of rotatable bonds is 6. The number of nitrogens with one attached hydrogen (secondary N) is 1. The van der Waals surface area contributed by atoms with E-state index in [1.165, 1.54) is 6.29 Å². The third kappa shape index (κ3) is 11.8. The average Bonchev–Trinajstić information content (AvgIpc) is 3.10. The number of hydrogen-bond acceptors (Lipinski definition) is 6. The van der Waals surface area contributed by atoms with E-state index in [1.54, 1.807) is 26.8 Å². The van der Waals surface area contributed by atoms with E-state index in [0.29, 0.717) is 25.0 Å². The number of carbonyl (C=O) groups excluding carboxylic acids is 2. The van der Waals surface area contributed by atoms with E-state index in [-0.39, 0.29) is 36.2 Å². The second kappa shape index (κ2) is 13.3. The topological polar surface area (TPSA) is 90.7 Å². The third-order valence-electron chi connectivity index (χ3n) is 3.54. The third-order valence-corrected chi connectivity index (χ3v) is 3.54. The minimum Gasteiger partial charge on any atom is -0.444 e. The molecule has 0 aliphatic rings. The van der Waals surface area contributed by atoms with E-state index in [1.807, 2.05) is 0 Å². The Kier molecular flexibility index (Phi) is 12.2. The molecule has 0 spiro atoms. The van der Waals surface area contributed by atoms with Gasteiger partial charge in [0.05, 0.1) is 12.0 Å². The molecule has 0 saturated heterocycles. The summed E-state index contributed by atoms with van der Waals surface area (Å²) in [7, 11) is 0. The Bertz CT molecular complexity index is 894. The number of benzene rings is 1. The Balaban J connectivity index is 0.000000620. The molecule has 12 heteroatoms. The van der Waals surface area contributed by atoms with Gasteiger partial charge in [-0.1, -0.05) is 11.2 Å². The van der Waals surface area contributed by atoms with Gasteiger partial charge in [-0.2, -0.15) is 18.9 Å². The summed E-state index contributed by atoms with van der Waals surface area (Å²) in [5.74, 6) is -1.83. The first kappa shape index (κ1) is 30.5. The van der Waals surface area contributed by atoms with Crippen LogP contribution in [-0.2, 0) is 9.53 Å². The van der Waals surface area contributed by atoms with Crippen molar-refractivity contribution in [2.75, 3.05) is 5.32 Å². The maximum Gasteiger partial charge on any atom is 1.00 e. The van der Waals surface area contributed by atoms with Gasteiger partial charge in [0.1, 0.15) is 17.2 Å². The zero-order valence-corrected chi connectivity index (χ0v) is 18.7. The number of nitrogens with zero attached hydrogens (tertiary/aromatic N) is 1. The molecule has 1 aromatic heterocycles. The van der Waals surface area contributed by atoms with Crippen LogP contribution in [0.2, 0.25) is 0 Å². The smallest absolute Gasteiger partial charge is 0.444 e. The molecule has 0 fully saturated rings. The number of alkyl halides is 3. The number of aromatic nitrogens is 1. The van der Waals surface area contributed by atoms with Crippen molar-refractivity contribution in [2.45, 2.75) is 51.5 Å². The summed E-state index contributed by atoms with van der Waals surface area (Å²) < 4.78 is 61.1. The van der Waals surface area contributed by atoms with E-state index < -0.39 is 29.6 Å². The summed E-state index contributed by atoms with van der Waals surface area (Å²) in [6.45, 7) is 13.0. The summed E-state index contributed by atoms with van der Waals surface area (Å²) in [5.41, 5.74) is 0.0129. The van der Waals surface area contributed by atoms with E-state index >= 15 is 0 Å². The van der Waals surface area contributed by atoms with Crippen LogP contribution in [0.15, 0.2) is 28.8 Å². The number of anilines is 1. The van der Waals surface area contributed by atoms with Crippen LogP contribution in [0.3, 0.4) is 0 Å². The van der Waals surface area contributed by atoms with Crippen LogP contribution in [0.25, 0.3) is 0 Å². The molecule has 1 aromatic carbocycles. The first-order valence-electron chi connectivity index (χ1n) is 9.26. The molecule has 0 aliphatic heterocycles. The van der Waals surface area contributed by atoms with Crippen molar-refractivity contribution in [2.24, 2.45) is 0 Å². The molecule has 2 rings (SSSR count). The Morgan fingerprint density at radius 3 is 2.27 bits per heavy atom. The molecule has 178 valence electrons. The molecule has 0 radical (unpaired) electrons. The number of ether oxygens (including phenoxy) is 2. The maximum absolute atomic E-state index is 12.8. The van der Waals surface area contributed by atoms with Crippen LogP contribution in [0.1, 0.15) is 50.8 Å². The van der Waals surface area contributed by atoms with Crippen LogP contribution in [-0.4, -0.2) is 29.5 Å². The van der Waals surface area contributed by atoms with Gasteiger partial charge >= 0.3 is 31.3 Å². The summed E-state index contributed by atoms with van der Waals surface area (Å²) >= 11 is 0. The first-order chi connectivity index (χ1) is 14.8. The molecule has 1 N–H and O–H groups in total. The van der Waals surface area contributed by atoms with Gasteiger partial charge in [0.25, 0.3) is 0 Å². The summed E-state index contributed by atoms with van der Waals surface area (Å²) in [6, 6.07) is 3.96. The normalized spacial score (nSPS) is 11.1. The van der Waals surface area contributed by atoms with Crippen LogP contribution in [0, 0.1) is 19.7 Å². The molecule has 1 heterocycles. The van der Waals surface area contributed by atoms with E-state index in [4.69, 9.17) is 9.26 Å². The van der Waals surface area contributed by atoms with Crippen molar-refractivity contribution < 1.29 is 60.0 Å². The summed E-state index contributed by atoms with van der Waals surface area (Å²) in [5, 5.41) is 6.37. The zero-order valence-electron chi connectivity index (χ0n) is 18.7. The van der Waals surface area contributed by atoms with Crippen molar-refractivity contribution in [1.82, 2.24) is 5.16 Å². The van der Waals surface area contributed by atoms with Crippen molar-refractivity contribution >= 4 is 18.3 Å². The van der Waals surface area contributed by atoms with E-state index in [9.17, 15) is 27.2 Å². The Morgan fingerprint density at radius 1 is 1.21 bits per heavy atom. The molecule has 2 aromatic rings. The van der Waals surface area contributed by atoms with Crippen LogP contribution in [0.5, 0.6) is 5.75 Å². The average molecular weight is 466 g/mol. The van der Waals surface area contributed by atoms with Gasteiger partial charge in [-0.3, -0.25) is 5.32 Å². The molecule has 0 unspecified atom stereocenters. The summed E-state index contributed by atoms with van der Waals surface area (Å²) in [6.07, 6.45) is -2.82. The van der Waals surface area contributed by atoms with Gasteiger partial charge in [-0.05, 0) is 26.7 Å². The molecule has 0 aliphatic carbocycles. The quantitative estimate of drug-likeness (QED) is 0.400. The molecule has 0 atom stereocenters. The monoisotopic (exact) mass is 466 g/mol. The molecule has 7 nitrogen and oxygen atoms in total. The fourth-order valence-corrected chi connectivity index (χ4v) is 2.16. The Hall–Kier alpha value is -2.51. The number of amides is 1. The van der Waals surface area contributed by atoms with Gasteiger partial charge in [-0.15, -0.1) is 24.8 Å². The first-order valence-corrected chi connectivity index (χ1v) is 9.26. The molecule has 0 saturated carbocycles. The van der Waals surface area contributed by atoms with Gasteiger partial charge in [0.2, 0.25) is 5.88 Å². The zero-order chi connectivity index (χ0) is 24.5. The van der Waals surface area contributed by atoms with Gasteiger partial charge in [0.15, 0.2) is 0 Å². The van der Waals surface area contributed by atoms with Crippen molar-refractivity contribution in [3.63, 3.8) is 0 Å². The minimum absolute atomic E-state index is 0. The number of halogens is 4. The standard InChI is InChI=1S/C13H20N2O3.C8H3F4O2.Li/c1-6-9(7-2)10-8-11(18-15-10)14-12(16)17-13(3,4)5;9-6-3-5(4-13)1-2-7(6)14-8(10,11)12;/h8-9H,1-2,6-7H2,3-5H3,(H,14,16);1-3H;/q-2;-1;+1. The predicted octanol–water partition coefficient (Wildman–Crippen LogP) is 2.74. The maximum atomic E-state index is 12.8. The largest absolute Gasteiger partial charge is 1.00 e. The van der Waals surface area contributed by atoms with Crippen molar-refractivity contribution in [1.29, 1.82) is 0 Å². The summed E-state index contributed by atoms with van der Waals surface area (Å²) in [4.78, 5) is 21.5. The fourth-order valence-electron chi connectivity index (χ4n) is 2.16. The molecular formula is C21H23F4LiN2O5-2. The van der Waals surface area contributed by atoms with Crippen LogP contribution in [0.4, 0.5) is 28.2 Å². The van der Waals surface area contributed by atoms with Crippen molar-refractivity contribution in [3.05, 3.63) is 55.2 Å². The second-order valence-corrected chi connectivity index (χ2v) is 7.31. The van der Waals surface area contributed by atoms with Crippen LogP contribution >= 0.6 is 0 Å². The van der Waals surface area contributed by atoms with Gasteiger partial charge in [-0.25, -0.2) is 9.18 Å². The second-order valence-electron chi connectivity index (χ2n) is 7.31. The number of hydrogen-bond donors (Lipinski definition) is 1.